The second kappa shape index (κ2) is 19.5. The van der Waals surface area contributed by atoms with Crippen molar-refractivity contribution in [3.05, 3.63) is 197 Å². The molecule has 0 saturated carbocycles. The van der Waals surface area contributed by atoms with Crippen LogP contribution in [0.1, 0.15) is 55.6 Å². The fraction of sp³-hybridized carbons (Fsp3) is 0.208. The zero-order valence-electron chi connectivity index (χ0n) is 34.0. The molecule has 14 heteroatoms. The number of non-ortho nitro benzene ring substituents is 2. The van der Waals surface area contributed by atoms with Gasteiger partial charge in [0, 0.05) is 72.2 Å². The minimum atomic E-state index is -0.648. The van der Waals surface area contributed by atoms with Crippen molar-refractivity contribution >= 4 is 23.3 Å². The van der Waals surface area contributed by atoms with Crippen molar-refractivity contribution in [2.24, 2.45) is 0 Å². The van der Waals surface area contributed by atoms with Gasteiger partial charge in [0.25, 0.3) is 11.4 Å². The van der Waals surface area contributed by atoms with Crippen molar-refractivity contribution in [2.45, 2.75) is 38.9 Å². The lowest BCUT2D eigenvalue weighted by Crippen LogP contribution is -2.16. The molecular formula is C48H42N2O12. The lowest BCUT2D eigenvalue weighted by molar-refractivity contribution is -0.385. The van der Waals surface area contributed by atoms with E-state index in [9.17, 15) is 29.8 Å². The number of para-hydroxylation sites is 2. The zero-order chi connectivity index (χ0) is 43.6. The van der Waals surface area contributed by atoms with E-state index in [0.29, 0.717) is 56.0 Å². The van der Waals surface area contributed by atoms with Crippen LogP contribution in [0.25, 0.3) is 0 Å². The van der Waals surface area contributed by atoms with E-state index < -0.39 is 35.0 Å². The Bertz CT molecular complexity index is 2340. The Morgan fingerprint density at radius 1 is 0.452 bits per heavy atom. The lowest BCUT2D eigenvalue weighted by Gasteiger charge is -2.22. The second-order valence-electron chi connectivity index (χ2n) is 14.5. The summed E-state index contributed by atoms with van der Waals surface area (Å²) in [7, 11) is 2.49. The van der Waals surface area contributed by atoms with Crippen molar-refractivity contribution in [3.8, 4) is 23.0 Å². The van der Waals surface area contributed by atoms with Crippen LogP contribution in [0.15, 0.2) is 121 Å². The first-order valence-electron chi connectivity index (χ1n) is 19.6. The van der Waals surface area contributed by atoms with Crippen molar-refractivity contribution in [3.63, 3.8) is 0 Å². The number of esters is 2. The van der Waals surface area contributed by atoms with Gasteiger partial charge < -0.3 is 28.4 Å². The van der Waals surface area contributed by atoms with E-state index in [-0.39, 0.29) is 61.8 Å². The molecule has 1 aliphatic carbocycles. The van der Waals surface area contributed by atoms with Crippen LogP contribution in [0.4, 0.5) is 11.4 Å². The third kappa shape index (κ3) is 10.2. The molecular weight excluding hydrogens is 797 g/mol. The van der Waals surface area contributed by atoms with Crippen molar-refractivity contribution in [1.29, 1.82) is 0 Å². The van der Waals surface area contributed by atoms with Gasteiger partial charge in [-0.15, -0.1) is 0 Å². The summed E-state index contributed by atoms with van der Waals surface area (Å²) in [5, 5.41) is 25.2. The summed E-state index contributed by atoms with van der Waals surface area (Å²) in [5.41, 5.74) is 5.36. The average Bonchev–Trinajstić information content (AvgIpc) is 3.27. The Kier molecular flexibility index (Phi) is 13.4. The van der Waals surface area contributed by atoms with Gasteiger partial charge in [0.1, 0.15) is 36.2 Å². The van der Waals surface area contributed by atoms with Crippen LogP contribution in [-0.4, -0.2) is 49.2 Å². The standard InChI is InChI=1S/C48H42N2O12/c1-57-43(51)29-61-47-37-19-33-15-9-17-35(45(33)59-27-31-11-5-3-6-12-31)21-39-25-42(50(55)56)26-40(48(39)62-30-44(52)58-2)22-36-18-10-16-34(20-38(47)24-41(23-37)49(53)54)46(36)60-28-32-13-7-4-8-14-32/h3-18,23-26H,19-22,27-30H2,1-2H3. The van der Waals surface area contributed by atoms with E-state index in [1.165, 1.54) is 38.5 Å². The molecule has 0 N–H and O–H groups in total. The van der Waals surface area contributed by atoms with Crippen molar-refractivity contribution < 1.29 is 47.9 Å². The van der Waals surface area contributed by atoms with Gasteiger partial charge in [0.05, 0.1) is 24.1 Å². The summed E-state index contributed by atoms with van der Waals surface area (Å²) >= 11 is 0. The van der Waals surface area contributed by atoms with E-state index in [4.69, 9.17) is 28.4 Å². The SMILES string of the molecule is COC(=O)COc1c2cc([N+](=O)[O-])cc1Cc1cccc(c1OCc1ccccc1)Cc1cc([N+](=O)[O-])cc(c1OCC(=O)OC)Cc1cccc(c1OCc1ccccc1)C2. The lowest BCUT2D eigenvalue weighted by atomic mass is 9.90. The fourth-order valence-electron chi connectivity index (χ4n) is 7.44. The molecule has 0 saturated heterocycles. The van der Waals surface area contributed by atoms with Gasteiger partial charge >= 0.3 is 11.9 Å². The maximum atomic E-state index is 12.6. The topological polar surface area (TPSA) is 176 Å². The van der Waals surface area contributed by atoms with Crippen LogP contribution in [0, 0.1) is 20.2 Å². The predicted molar refractivity (Wildman–Crippen MR) is 227 cm³/mol. The molecule has 0 atom stereocenters. The van der Waals surface area contributed by atoms with Crippen LogP contribution in [0.2, 0.25) is 0 Å². The molecule has 14 nitrogen and oxygen atoms in total. The van der Waals surface area contributed by atoms with Crippen molar-refractivity contribution in [2.75, 3.05) is 27.4 Å². The van der Waals surface area contributed by atoms with Gasteiger partial charge in [-0.05, 0) is 33.4 Å². The molecule has 0 radical (unpaired) electrons. The summed E-state index contributed by atoms with van der Waals surface area (Å²) < 4.78 is 35.5. The molecule has 0 heterocycles. The van der Waals surface area contributed by atoms with Gasteiger partial charge in [-0.1, -0.05) is 97.1 Å². The fourth-order valence-corrected chi connectivity index (χ4v) is 7.44. The molecule has 6 aromatic carbocycles. The molecule has 62 heavy (non-hydrogen) atoms. The maximum absolute atomic E-state index is 12.6. The number of rotatable bonds is 14. The molecule has 0 fully saturated rings. The second-order valence-corrected chi connectivity index (χ2v) is 14.5. The molecule has 0 aromatic heterocycles. The molecule has 316 valence electrons. The number of carbonyl (C=O) groups excluding carboxylic acids is 2. The third-order valence-corrected chi connectivity index (χ3v) is 10.3. The van der Waals surface area contributed by atoms with Gasteiger partial charge in [0.15, 0.2) is 13.2 Å². The number of nitrogens with zero attached hydrogens (tertiary/aromatic N) is 2. The first kappa shape index (κ1) is 42.4. The van der Waals surface area contributed by atoms with E-state index in [2.05, 4.69) is 0 Å². The minimum Gasteiger partial charge on any atom is -0.488 e. The smallest absolute Gasteiger partial charge is 0.343 e. The van der Waals surface area contributed by atoms with E-state index in [1.54, 1.807) is 12.1 Å². The molecule has 0 aliphatic heterocycles. The number of hydrogen-bond donors (Lipinski definition) is 0. The van der Waals surface area contributed by atoms with Gasteiger partial charge in [-0.2, -0.15) is 0 Å². The number of fused-ring (bicyclic) bond motifs is 8. The normalized spacial score (nSPS) is 11.8. The van der Waals surface area contributed by atoms with Gasteiger partial charge in [-0.25, -0.2) is 9.59 Å². The van der Waals surface area contributed by atoms with Gasteiger partial charge in [-0.3, -0.25) is 20.2 Å². The Balaban J connectivity index is 1.49. The number of methoxy groups -OCH3 is 2. The summed E-state index contributed by atoms with van der Waals surface area (Å²) in [4.78, 5) is 49.4. The van der Waals surface area contributed by atoms with Crippen molar-refractivity contribution in [1.82, 2.24) is 0 Å². The number of nitro groups is 2. The van der Waals surface area contributed by atoms with Crippen LogP contribution >= 0.6 is 0 Å². The molecule has 0 unspecified atom stereocenters. The summed E-state index contributed by atoms with van der Waals surface area (Å²) in [6.07, 6.45) is 0.192. The predicted octanol–water partition coefficient (Wildman–Crippen LogP) is 8.44. The first-order chi connectivity index (χ1) is 30.1. The minimum absolute atomic E-state index is 0.0481. The third-order valence-electron chi connectivity index (χ3n) is 10.3. The highest BCUT2D eigenvalue weighted by molar-refractivity contribution is 5.72. The molecule has 0 amide bonds. The number of carbonyl (C=O) groups is 2. The maximum Gasteiger partial charge on any atom is 0.343 e. The molecule has 8 bridgehead atoms. The van der Waals surface area contributed by atoms with Crippen LogP contribution in [0.3, 0.4) is 0 Å². The average molecular weight is 839 g/mol. The van der Waals surface area contributed by atoms with Crippen LogP contribution in [-0.2, 0) is 58.0 Å². The molecule has 0 spiro atoms. The zero-order valence-corrected chi connectivity index (χ0v) is 34.0. The van der Waals surface area contributed by atoms with E-state index >= 15 is 0 Å². The Morgan fingerprint density at radius 2 is 0.758 bits per heavy atom. The Hall–Kier alpha value is -7.74. The Labute approximate surface area is 356 Å². The monoisotopic (exact) mass is 838 g/mol. The molecule has 1 aliphatic rings. The van der Waals surface area contributed by atoms with E-state index in [0.717, 1.165) is 11.1 Å². The highest BCUT2D eigenvalue weighted by Gasteiger charge is 2.27. The summed E-state index contributed by atoms with van der Waals surface area (Å²) in [6.45, 7) is -0.651. The van der Waals surface area contributed by atoms with Crippen LogP contribution < -0.4 is 18.9 Å². The summed E-state index contributed by atoms with van der Waals surface area (Å²) in [6, 6.07) is 35.5. The Morgan fingerprint density at radius 3 is 1.05 bits per heavy atom. The first-order valence-corrected chi connectivity index (χ1v) is 19.6. The van der Waals surface area contributed by atoms with Gasteiger partial charge in [0.2, 0.25) is 0 Å². The number of nitro benzene ring substituents is 2. The highest BCUT2D eigenvalue weighted by Crippen LogP contribution is 2.41. The molecule has 7 rings (SSSR count). The summed E-state index contributed by atoms with van der Waals surface area (Å²) in [5.74, 6) is 0.0576. The number of benzene rings is 6. The van der Waals surface area contributed by atoms with E-state index in [1.807, 2.05) is 84.9 Å². The van der Waals surface area contributed by atoms with Crippen LogP contribution in [0.5, 0.6) is 23.0 Å². The highest BCUT2D eigenvalue weighted by atomic mass is 16.6. The largest absolute Gasteiger partial charge is 0.488 e. The quantitative estimate of drug-likeness (QED) is 0.0581. The molecule has 6 aromatic rings. The number of ether oxygens (including phenoxy) is 6. The number of hydrogen-bond acceptors (Lipinski definition) is 12.